The van der Waals surface area contributed by atoms with E-state index in [4.69, 9.17) is 0 Å². The van der Waals surface area contributed by atoms with Gasteiger partial charge in [0.15, 0.2) is 0 Å². The molecule has 2 aromatic rings. The van der Waals surface area contributed by atoms with Gasteiger partial charge >= 0.3 is 0 Å². The number of aromatic nitrogens is 1. The number of halogens is 1. The van der Waals surface area contributed by atoms with Crippen molar-refractivity contribution in [1.82, 2.24) is 4.98 Å². The summed E-state index contributed by atoms with van der Waals surface area (Å²) in [5, 5.41) is 4.71. The molecule has 16 heavy (non-hydrogen) atoms. The largest absolute Gasteiger partial charge is 0.320 e. The van der Waals surface area contributed by atoms with Crippen LogP contribution in [0.15, 0.2) is 34.4 Å². The minimum atomic E-state index is -0.0865. The molecular weight excluding hydrogens is 288 g/mol. The molecular formula is C11H9BrN2OS. The molecule has 3 nitrogen and oxygen atoms in total. The summed E-state index contributed by atoms with van der Waals surface area (Å²) in [5.41, 5.74) is 1.69. The Hall–Kier alpha value is -1.20. The highest BCUT2D eigenvalue weighted by Gasteiger charge is 2.10. The second-order valence-electron chi connectivity index (χ2n) is 3.26. The number of anilines is 1. The fraction of sp³-hybridized carbons (Fsp3) is 0.0909. The van der Waals surface area contributed by atoms with E-state index in [1.54, 1.807) is 18.3 Å². The Bertz CT molecular complexity index is 507. The van der Waals surface area contributed by atoms with E-state index in [-0.39, 0.29) is 5.91 Å². The summed E-state index contributed by atoms with van der Waals surface area (Å²) in [4.78, 5) is 16.6. The first kappa shape index (κ1) is 11.3. The Balaban J connectivity index is 2.14. The molecule has 82 valence electrons. The Morgan fingerprint density at radius 3 is 2.81 bits per heavy atom. The van der Waals surface area contributed by atoms with Crippen LogP contribution in [0.5, 0.6) is 0 Å². The first-order valence-corrected chi connectivity index (χ1v) is 6.31. The maximum absolute atomic E-state index is 11.8. The van der Waals surface area contributed by atoms with Crippen LogP contribution in [-0.2, 0) is 0 Å². The van der Waals surface area contributed by atoms with Crippen molar-refractivity contribution in [2.45, 2.75) is 6.92 Å². The van der Waals surface area contributed by atoms with Crippen molar-refractivity contribution in [2.75, 3.05) is 5.32 Å². The van der Waals surface area contributed by atoms with Crippen LogP contribution in [0.1, 0.15) is 15.2 Å². The van der Waals surface area contributed by atoms with Crippen molar-refractivity contribution in [3.63, 3.8) is 0 Å². The van der Waals surface area contributed by atoms with E-state index in [0.717, 1.165) is 15.0 Å². The zero-order chi connectivity index (χ0) is 11.5. The highest BCUT2D eigenvalue weighted by atomic mass is 79.9. The molecule has 0 aliphatic heterocycles. The van der Waals surface area contributed by atoms with Crippen molar-refractivity contribution in [3.05, 3.63) is 44.8 Å². The molecule has 5 heteroatoms. The van der Waals surface area contributed by atoms with Gasteiger partial charge in [0, 0.05) is 0 Å². The zero-order valence-electron chi connectivity index (χ0n) is 8.53. The molecule has 0 atom stereocenters. The lowest BCUT2D eigenvalue weighted by molar-refractivity contribution is 0.103. The van der Waals surface area contributed by atoms with E-state index in [0.29, 0.717) is 5.69 Å². The van der Waals surface area contributed by atoms with Crippen LogP contribution in [0.2, 0.25) is 0 Å². The number of hydrogen-bond donors (Lipinski definition) is 1. The first-order chi connectivity index (χ1) is 7.66. The zero-order valence-corrected chi connectivity index (χ0v) is 10.9. The lowest BCUT2D eigenvalue weighted by Crippen LogP contribution is -2.11. The van der Waals surface area contributed by atoms with Crippen molar-refractivity contribution >= 4 is 38.9 Å². The topological polar surface area (TPSA) is 42.0 Å². The summed E-state index contributed by atoms with van der Waals surface area (Å²) in [6.07, 6.45) is 1.62. The smallest absolute Gasteiger partial charge is 0.266 e. The number of nitrogens with one attached hydrogen (secondary N) is 1. The van der Waals surface area contributed by atoms with Gasteiger partial charge in [-0.1, -0.05) is 0 Å². The Morgan fingerprint density at radius 2 is 2.25 bits per heavy atom. The molecule has 0 radical (unpaired) electrons. The third kappa shape index (κ3) is 2.48. The van der Waals surface area contributed by atoms with Crippen LogP contribution in [0.4, 0.5) is 5.69 Å². The average Bonchev–Trinajstić information content (AvgIpc) is 2.68. The number of aryl methyl sites for hydroxylation is 1. The predicted octanol–water partition coefficient (Wildman–Crippen LogP) is 3.47. The maximum Gasteiger partial charge on any atom is 0.266 e. The molecule has 0 aliphatic rings. The van der Waals surface area contributed by atoms with Crippen molar-refractivity contribution < 1.29 is 4.79 Å². The van der Waals surface area contributed by atoms with Crippen molar-refractivity contribution in [1.29, 1.82) is 0 Å². The molecule has 2 aromatic heterocycles. The molecule has 2 rings (SSSR count). The summed E-state index contributed by atoms with van der Waals surface area (Å²) in [6.45, 7) is 1.92. The quantitative estimate of drug-likeness (QED) is 0.862. The molecule has 2 heterocycles. The van der Waals surface area contributed by atoms with Gasteiger partial charge in [0.2, 0.25) is 0 Å². The van der Waals surface area contributed by atoms with Crippen LogP contribution in [0, 0.1) is 6.92 Å². The lowest BCUT2D eigenvalue weighted by atomic mass is 10.3. The summed E-state index contributed by atoms with van der Waals surface area (Å²) < 4.78 is 0.748. The molecule has 0 aliphatic carbocycles. The van der Waals surface area contributed by atoms with Gasteiger partial charge in [-0.05, 0) is 52.0 Å². The van der Waals surface area contributed by atoms with E-state index in [9.17, 15) is 4.79 Å². The van der Waals surface area contributed by atoms with Gasteiger partial charge < -0.3 is 5.32 Å². The Morgan fingerprint density at radius 1 is 1.44 bits per heavy atom. The number of rotatable bonds is 2. The first-order valence-electron chi connectivity index (χ1n) is 4.64. The number of nitrogens with zero attached hydrogens (tertiary/aromatic N) is 1. The van der Waals surface area contributed by atoms with Gasteiger partial charge in [0.05, 0.1) is 16.8 Å². The molecule has 1 N–H and O–H groups in total. The summed E-state index contributed by atoms with van der Waals surface area (Å²) in [7, 11) is 0. The van der Waals surface area contributed by atoms with Gasteiger partial charge in [-0.25, -0.2) is 4.98 Å². The van der Waals surface area contributed by atoms with Crippen LogP contribution in [0.25, 0.3) is 0 Å². The van der Waals surface area contributed by atoms with Gasteiger partial charge in [-0.3, -0.25) is 4.79 Å². The number of thiophene rings is 1. The van der Waals surface area contributed by atoms with Gasteiger partial charge in [-0.15, -0.1) is 11.3 Å². The highest BCUT2D eigenvalue weighted by Crippen LogP contribution is 2.18. The molecule has 0 fully saturated rings. The molecule has 0 saturated heterocycles. The second kappa shape index (κ2) is 4.76. The molecule has 0 saturated carbocycles. The Labute approximate surface area is 106 Å². The Kier molecular flexibility index (Phi) is 3.36. The van der Waals surface area contributed by atoms with Gasteiger partial charge in [0.25, 0.3) is 5.91 Å². The van der Waals surface area contributed by atoms with E-state index < -0.39 is 0 Å². The number of carbonyl (C=O) groups is 1. The number of carbonyl (C=O) groups excluding carboxylic acids is 1. The summed E-state index contributed by atoms with van der Waals surface area (Å²) in [6, 6.07) is 5.52. The van der Waals surface area contributed by atoms with Crippen molar-refractivity contribution in [3.8, 4) is 0 Å². The lowest BCUT2D eigenvalue weighted by Gasteiger charge is -2.03. The molecule has 0 unspecified atom stereocenters. The number of pyridine rings is 1. The van der Waals surface area contributed by atoms with E-state index in [1.807, 2.05) is 18.4 Å². The van der Waals surface area contributed by atoms with E-state index in [2.05, 4.69) is 26.2 Å². The third-order valence-electron chi connectivity index (χ3n) is 2.05. The third-order valence-corrected chi connectivity index (χ3v) is 3.54. The fourth-order valence-electron chi connectivity index (χ4n) is 1.24. The minimum Gasteiger partial charge on any atom is -0.320 e. The number of hydrogen-bond acceptors (Lipinski definition) is 3. The number of amides is 1. The van der Waals surface area contributed by atoms with E-state index >= 15 is 0 Å². The molecule has 0 spiro atoms. The minimum absolute atomic E-state index is 0.0865. The normalized spacial score (nSPS) is 10.1. The summed E-state index contributed by atoms with van der Waals surface area (Å²) >= 11 is 4.68. The van der Waals surface area contributed by atoms with Crippen LogP contribution >= 0.6 is 27.3 Å². The molecule has 0 aromatic carbocycles. The average molecular weight is 297 g/mol. The second-order valence-corrected chi connectivity index (χ2v) is 4.99. The predicted molar refractivity (Wildman–Crippen MR) is 68.9 cm³/mol. The van der Waals surface area contributed by atoms with E-state index in [1.165, 1.54) is 11.3 Å². The van der Waals surface area contributed by atoms with Crippen LogP contribution in [0.3, 0.4) is 0 Å². The maximum atomic E-state index is 11.8. The molecule has 0 bridgehead atoms. The monoisotopic (exact) mass is 296 g/mol. The highest BCUT2D eigenvalue weighted by molar-refractivity contribution is 9.10. The van der Waals surface area contributed by atoms with Gasteiger partial charge in [-0.2, -0.15) is 0 Å². The molecule has 1 amide bonds. The van der Waals surface area contributed by atoms with Crippen LogP contribution in [-0.4, -0.2) is 10.9 Å². The summed E-state index contributed by atoms with van der Waals surface area (Å²) in [5.74, 6) is -0.0865. The van der Waals surface area contributed by atoms with Gasteiger partial charge in [0.1, 0.15) is 4.60 Å². The SMILES string of the molecule is Cc1ccsc1C(=O)Nc1ccc(Br)nc1. The van der Waals surface area contributed by atoms with Crippen LogP contribution < -0.4 is 5.32 Å². The fourth-order valence-corrected chi connectivity index (χ4v) is 2.30. The standard InChI is InChI=1S/C11H9BrN2OS/c1-7-4-5-16-10(7)11(15)14-8-2-3-9(12)13-6-8/h2-6H,1H3,(H,14,15). The van der Waals surface area contributed by atoms with Crippen molar-refractivity contribution in [2.24, 2.45) is 0 Å².